The molecule has 0 aromatic rings. The first kappa shape index (κ1) is 29.5. The molecule has 0 aliphatic carbocycles. The molecule has 0 aliphatic heterocycles. The molecule has 0 radical (unpaired) electrons. The van der Waals surface area contributed by atoms with E-state index in [1.807, 2.05) is 0 Å². The summed E-state index contributed by atoms with van der Waals surface area (Å²) in [4.78, 5) is 74.1. The summed E-state index contributed by atoms with van der Waals surface area (Å²) in [7, 11) is -18.5. The van der Waals surface area contributed by atoms with Crippen molar-refractivity contribution in [3.63, 3.8) is 0 Å². The standard InChI is InChI=1S/C10H28N2O13P4/c1-9(11(5-26(13,14)15)6-27(16,17)18)3-25-4-10(2)12(7-28(19,20)21)8-29(22,23)24/h9-10H,3-8H2,1-2H3,(H2,13,14,15)(H2,16,17,18)(H2,19,20,21)(H2,22,23,24). The molecule has 8 N–H and O–H groups in total. The molecule has 0 amide bonds. The minimum Gasteiger partial charge on any atom is -0.378 e. The summed E-state index contributed by atoms with van der Waals surface area (Å²) in [5.41, 5.74) is 0. The lowest BCUT2D eigenvalue weighted by molar-refractivity contribution is 0.0425. The molecule has 0 heterocycles. The number of hydrogen-bond donors (Lipinski definition) is 8. The van der Waals surface area contributed by atoms with Gasteiger partial charge in [0.2, 0.25) is 0 Å². The summed E-state index contributed by atoms with van der Waals surface area (Å²) in [5, 5.41) is 0. The Kier molecular flexibility index (Phi) is 11.6. The Labute approximate surface area is 167 Å². The number of ether oxygens (including phenoxy) is 1. The molecule has 0 spiro atoms. The van der Waals surface area contributed by atoms with Crippen LogP contribution in [0.3, 0.4) is 0 Å². The van der Waals surface area contributed by atoms with Gasteiger partial charge in [-0.1, -0.05) is 0 Å². The second kappa shape index (κ2) is 11.4. The molecule has 0 saturated heterocycles. The van der Waals surface area contributed by atoms with Gasteiger partial charge in [0, 0.05) is 12.1 Å². The zero-order valence-electron chi connectivity index (χ0n) is 15.7. The maximum Gasteiger partial charge on any atom is 0.339 e. The molecule has 15 nitrogen and oxygen atoms in total. The molecule has 0 bridgehead atoms. The van der Waals surface area contributed by atoms with Crippen LogP contribution in [0.1, 0.15) is 13.8 Å². The van der Waals surface area contributed by atoms with E-state index in [0.29, 0.717) is 0 Å². The topological polar surface area (TPSA) is 246 Å². The zero-order chi connectivity index (χ0) is 23.3. The van der Waals surface area contributed by atoms with Crippen molar-refractivity contribution in [2.75, 3.05) is 38.4 Å². The smallest absolute Gasteiger partial charge is 0.339 e. The fourth-order valence-electron chi connectivity index (χ4n) is 2.21. The first-order valence-corrected chi connectivity index (χ1v) is 15.1. The lowest BCUT2D eigenvalue weighted by Crippen LogP contribution is -2.41. The molecule has 0 aromatic carbocycles. The van der Waals surface area contributed by atoms with Crippen LogP contribution in [0.25, 0.3) is 0 Å². The van der Waals surface area contributed by atoms with Gasteiger partial charge in [0.25, 0.3) is 0 Å². The van der Waals surface area contributed by atoms with Gasteiger partial charge in [-0.25, -0.2) is 0 Å². The third kappa shape index (κ3) is 16.8. The highest BCUT2D eigenvalue weighted by Gasteiger charge is 2.31. The summed E-state index contributed by atoms with van der Waals surface area (Å²) in [6, 6.07) is -1.72. The van der Waals surface area contributed by atoms with E-state index in [1.54, 1.807) is 0 Å². The van der Waals surface area contributed by atoms with Gasteiger partial charge in [-0.05, 0) is 13.8 Å². The van der Waals surface area contributed by atoms with Gasteiger partial charge in [0.1, 0.15) is 25.1 Å². The van der Waals surface area contributed by atoms with E-state index < -0.39 is 67.6 Å². The van der Waals surface area contributed by atoms with Crippen LogP contribution < -0.4 is 0 Å². The van der Waals surface area contributed by atoms with Crippen molar-refractivity contribution in [3.8, 4) is 0 Å². The van der Waals surface area contributed by atoms with E-state index in [0.717, 1.165) is 9.80 Å². The number of nitrogens with zero attached hydrogens (tertiary/aromatic N) is 2. The number of hydrogen-bond acceptors (Lipinski definition) is 7. The Bertz CT molecular complexity index is 590. The summed E-state index contributed by atoms with van der Waals surface area (Å²) >= 11 is 0. The molecule has 2 atom stereocenters. The van der Waals surface area contributed by atoms with Crippen molar-refractivity contribution in [2.24, 2.45) is 0 Å². The van der Waals surface area contributed by atoms with Crippen molar-refractivity contribution in [1.82, 2.24) is 9.80 Å². The minimum atomic E-state index is -4.63. The second-order valence-corrected chi connectivity index (χ2v) is 13.1. The highest BCUT2D eigenvalue weighted by Crippen LogP contribution is 2.42. The van der Waals surface area contributed by atoms with Crippen LogP contribution >= 0.6 is 30.4 Å². The van der Waals surface area contributed by atoms with E-state index in [2.05, 4.69) is 0 Å². The molecule has 176 valence electrons. The lowest BCUT2D eigenvalue weighted by atomic mass is 10.3. The summed E-state index contributed by atoms with van der Waals surface area (Å²) in [6.45, 7) is 2.23. The Hall–Kier alpha value is 0.480. The lowest BCUT2D eigenvalue weighted by Gasteiger charge is -2.31. The Morgan fingerprint density at radius 2 is 0.793 bits per heavy atom. The van der Waals surface area contributed by atoms with Gasteiger partial charge in [0.15, 0.2) is 0 Å². The maximum absolute atomic E-state index is 11.2. The molecular formula is C10H28N2O13P4. The van der Waals surface area contributed by atoms with Crippen LogP contribution in [0.4, 0.5) is 0 Å². The molecule has 0 saturated carbocycles. The zero-order valence-corrected chi connectivity index (χ0v) is 19.3. The average Bonchev–Trinajstić information content (AvgIpc) is 2.39. The summed E-state index contributed by atoms with van der Waals surface area (Å²) in [6.07, 6.45) is -3.72. The molecule has 0 rings (SSSR count). The van der Waals surface area contributed by atoms with Crippen molar-refractivity contribution >= 4 is 30.4 Å². The van der Waals surface area contributed by atoms with Gasteiger partial charge in [-0.2, -0.15) is 0 Å². The van der Waals surface area contributed by atoms with Crippen molar-refractivity contribution < 1.29 is 62.1 Å². The van der Waals surface area contributed by atoms with Gasteiger partial charge < -0.3 is 43.9 Å². The highest BCUT2D eigenvalue weighted by molar-refractivity contribution is 7.53. The van der Waals surface area contributed by atoms with Gasteiger partial charge >= 0.3 is 30.4 Å². The Morgan fingerprint density at radius 3 is 0.966 bits per heavy atom. The maximum atomic E-state index is 11.2. The molecular weight excluding hydrogens is 480 g/mol. The number of rotatable bonds is 14. The summed E-state index contributed by atoms with van der Waals surface area (Å²) in [5.74, 6) is 0. The predicted molar refractivity (Wildman–Crippen MR) is 101 cm³/mol. The van der Waals surface area contributed by atoms with E-state index >= 15 is 0 Å². The van der Waals surface area contributed by atoms with Gasteiger partial charge in [-0.3, -0.25) is 28.1 Å². The fraction of sp³-hybridized carbons (Fsp3) is 1.00. The van der Waals surface area contributed by atoms with Crippen LogP contribution in [-0.4, -0.2) is 99.4 Å². The molecule has 0 aliphatic rings. The van der Waals surface area contributed by atoms with Crippen LogP contribution in [0.15, 0.2) is 0 Å². The van der Waals surface area contributed by atoms with E-state index in [4.69, 9.17) is 43.9 Å². The minimum absolute atomic E-state index is 0.274. The Morgan fingerprint density at radius 1 is 0.586 bits per heavy atom. The molecule has 0 aromatic heterocycles. The SMILES string of the molecule is CC(COCC(C)N(CP(=O)(O)O)CP(=O)(O)O)N(CP(=O)(O)O)CP(=O)(O)O. The van der Waals surface area contributed by atoms with E-state index in [9.17, 15) is 18.3 Å². The molecule has 19 heteroatoms. The first-order valence-electron chi connectivity index (χ1n) is 7.93. The molecule has 29 heavy (non-hydrogen) atoms. The molecule has 0 fully saturated rings. The second-order valence-electron chi connectivity index (χ2n) is 6.64. The first-order chi connectivity index (χ1) is 12.7. The van der Waals surface area contributed by atoms with Gasteiger partial charge in [0.05, 0.1) is 13.2 Å². The normalized spacial score (nSPS) is 16.4. The van der Waals surface area contributed by atoms with Crippen LogP contribution in [-0.2, 0) is 23.0 Å². The van der Waals surface area contributed by atoms with E-state index in [-0.39, 0.29) is 13.2 Å². The van der Waals surface area contributed by atoms with Gasteiger partial charge in [-0.15, -0.1) is 0 Å². The predicted octanol–water partition coefficient (Wildman–Crippen LogP) is -1.08. The van der Waals surface area contributed by atoms with Crippen LogP contribution in [0.5, 0.6) is 0 Å². The molecule has 2 unspecified atom stereocenters. The quantitative estimate of drug-likeness (QED) is 0.130. The van der Waals surface area contributed by atoms with Crippen LogP contribution in [0, 0.1) is 0 Å². The monoisotopic (exact) mass is 508 g/mol. The van der Waals surface area contributed by atoms with Crippen molar-refractivity contribution in [2.45, 2.75) is 25.9 Å². The summed E-state index contributed by atoms with van der Waals surface area (Å²) < 4.78 is 50.0. The van der Waals surface area contributed by atoms with Crippen molar-refractivity contribution in [1.29, 1.82) is 0 Å². The van der Waals surface area contributed by atoms with Crippen LogP contribution in [0.2, 0.25) is 0 Å². The fourth-order valence-corrected chi connectivity index (χ4v) is 5.94. The average molecular weight is 508 g/mol. The van der Waals surface area contributed by atoms with Crippen molar-refractivity contribution in [3.05, 3.63) is 0 Å². The Balaban J connectivity index is 4.98. The largest absolute Gasteiger partial charge is 0.378 e. The third-order valence-electron chi connectivity index (χ3n) is 3.43. The third-order valence-corrected chi connectivity index (χ3v) is 6.36. The highest BCUT2D eigenvalue weighted by atomic mass is 31.2. The van der Waals surface area contributed by atoms with E-state index in [1.165, 1.54) is 13.8 Å².